The van der Waals surface area contributed by atoms with E-state index in [-0.39, 0.29) is 11.8 Å². The number of benzene rings is 2. The molecule has 1 atom stereocenters. The van der Waals surface area contributed by atoms with Crippen LogP contribution < -0.4 is 9.47 Å². The van der Waals surface area contributed by atoms with Crippen molar-refractivity contribution in [2.24, 2.45) is 0 Å². The number of rotatable bonds is 3. The first kappa shape index (κ1) is 13.2. The van der Waals surface area contributed by atoms with Crippen molar-refractivity contribution in [2.45, 2.75) is 12.5 Å². The molecule has 0 fully saturated rings. The summed E-state index contributed by atoms with van der Waals surface area (Å²) in [6, 6.07) is 9.77. The van der Waals surface area contributed by atoms with Crippen molar-refractivity contribution in [3.63, 3.8) is 0 Å². The highest BCUT2D eigenvalue weighted by molar-refractivity contribution is 6.30. The number of ether oxygens (including phenoxy) is 2. The van der Waals surface area contributed by atoms with Crippen LogP contribution in [0.4, 0.5) is 4.39 Å². The van der Waals surface area contributed by atoms with Gasteiger partial charge < -0.3 is 14.6 Å². The lowest BCUT2D eigenvalue weighted by atomic mass is 10.0. The highest BCUT2D eigenvalue weighted by atomic mass is 35.5. The van der Waals surface area contributed by atoms with E-state index in [4.69, 9.17) is 21.1 Å². The molecule has 104 valence electrons. The van der Waals surface area contributed by atoms with Gasteiger partial charge in [-0.05, 0) is 35.4 Å². The van der Waals surface area contributed by atoms with E-state index in [1.807, 2.05) is 0 Å². The summed E-state index contributed by atoms with van der Waals surface area (Å²) in [5.74, 6) is 0.796. The number of aliphatic hydroxyl groups excluding tert-OH is 1. The van der Waals surface area contributed by atoms with E-state index in [0.29, 0.717) is 29.0 Å². The van der Waals surface area contributed by atoms with Crippen LogP contribution in [0.1, 0.15) is 17.2 Å². The zero-order valence-corrected chi connectivity index (χ0v) is 11.2. The Bertz CT molecular complexity index is 645. The summed E-state index contributed by atoms with van der Waals surface area (Å²) in [6.45, 7) is 0.192. The quantitative estimate of drug-likeness (QED) is 0.942. The largest absolute Gasteiger partial charge is 0.454 e. The Morgan fingerprint density at radius 3 is 2.75 bits per heavy atom. The fourth-order valence-electron chi connectivity index (χ4n) is 2.13. The minimum absolute atomic E-state index is 0.0753. The van der Waals surface area contributed by atoms with Crippen LogP contribution in [-0.2, 0) is 6.42 Å². The summed E-state index contributed by atoms with van der Waals surface area (Å²) >= 11 is 5.63. The van der Waals surface area contributed by atoms with Crippen LogP contribution in [0.2, 0.25) is 5.02 Å². The number of halogens is 2. The van der Waals surface area contributed by atoms with Crippen molar-refractivity contribution in [1.29, 1.82) is 0 Å². The lowest BCUT2D eigenvalue weighted by Crippen LogP contribution is -2.02. The van der Waals surface area contributed by atoms with Gasteiger partial charge in [-0.3, -0.25) is 0 Å². The highest BCUT2D eigenvalue weighted by Gasteiger charge is 2.17. The molecule has 2 aromatic rings. The molecule has 0 saturated carbocycles. The van der Waals surface area contributed by atoms with Crippen molar-refractivity contribution < 1.29 is 19.0 Å². The van der Waals surface area contributed by atoms with Gasteiger partial charge in [0.15, 0.2) is 11.5 Å². The van der Waals surface area contributed by atoms with Gasteiger partial charge in [0.2, 0.25) is 6.79 Å². The van der Waals surface area contributed by atoms with E-state index >= 15 is 0 Å². The molecule has 3 nitrogen and oxygen atoms in total. The van der Waals surface area contributed by atoms with Gasteiger partial charge in [0, 0.05) is 6.42 Å². The monoisotopic (exact) mass is 294 g/mol. The van der Waals surface area contributed by atoms with E-state index in [1.165, 1.54) is 12.1 Å². The molecule has 0 aliphatic carbocycles. The van der Waals surface area contributed by atoms with Crippen molar-refractivity contribution in [3.05, 3.63) is 58.4 Å². The van der Waals surface area contributed by atoms with Crippen LogP contribution >= 0.6 is 11.6 Å². The van der Waals surface area contributed by atoms with Gasteiger partial charge in [-0.25, -0.2) is 4.39 Å². The third kappa shape index (κ3) is 2.57. The predicted octanol–water partition coefficient (Wildman–Crippen LogP) is 3.48. The van der Waals surface area contributed by atoms with E-state index in [9.17, 15) is 9.50 Å². The Balaban J connectivity index is 1.78. The Morgan fingerprint density at radius 2 is 1.95 bits per heavy atom. The molecule has 0 aromatic heterocycles. The van der Waals surface area contributed by atoms with E-state index < -0.39 is 11.9 Å². The summed E-state index contributed by atoms with van der Waals surface area (Å²) in [5, 5.41) is 10.3. The normalized spacial score (nSPS) is 14.3. The van der Waals surface area contributed by atoms with Crippen molar-refractivity contribution in [2.75, 3.05) is 6.79 Å². The third-order valence-corrected chi connectivity index (χ3v) is 3.50. The number of aliphatic hydroxyl groups is 1. The predicted molar refractivity (Wildman–Crippen MR) is 72.6 cm³/mol. The zero-order valence-electron chi connectivity index (χ0n) is 10.5. The van der Waals surface area contributed by atoms with E-state index in [1.54, 1.807) is 24.3 Å². The lowest BCUT2D eigenvalue weighted by Gasteiger charge is -2.12. The van der Waals surface area contributed by atoms with Crippen LogP contribution in [-0.4, -0.2) is 11.9 Å². The summed E-state index contributed by atoms with van der Waals surface area (Å²) in [5.41, 5.74) is 1.38. The Hall–Kier alpha value is -1.78. The molecule has 0 radical (unpaired) electrons. The maximum atomic E-state index is 13.4. The van der Waals surface area contributed by atoms with Crippen LogP contribution in [0.25, 0.3) is 0 Å². The molecule has 0 saturated heterocycles. The zero-order chi connectivity index (χ0) is 14.1. The summed E-state index contributed by atoms with van der Waals surface area (Å²) in [4.78, 5) is 0. The van der Waals surface area contributed by atoms with Crippen molar-refractivity contribution in [3.8, 4) is 11.5 Å². The van der Waals surface area contributed by atoms with Crippen LogP contribution in [0, 0.1) is 5.82 Å². The van der Waals surface area contributed by atoms with E-state index in [0.717, 1.165) is 0 Å². The van der Waals surface area contributed by atoms with Crippen LogP contribution in [0.5, 0.6) is 11.5 Å². The molecule has 0 amide bonds. The summed E-state index contributed by atoms with van der Waals surface area (Å²) in [7, 11) is 0. The summed E-state index contributed by atoms with van der Waals surface area (Å²) in [6.07, 6.45) is -0.446. The van der Waals surface area contributed by atoms with E-state index in [2.05, 4.69) is 0 Å². The lowest BCUT2D eigenvalue weighted by molar-refractivity contribution is 0.171. The molecule has 1 unspecified atom stereocenters. The van der Waals surface area contributed by atoms with Gasteiger partial charge in [0.05, 0.1) is 11.1 Å². The Kier molecular flexibility index (Phi) is 3.51. The van der Waals surface area contributed by atoms with Gasteiger partial charge in [-0.2, -0.15) is 0 Å². The Labute approximate surface area is 120 Å². The minimum atomic E-state index is -0.745. The second-order valence-electron chi connectivity index (χ2n) is 4.58. The van der Waals surface area contributed by atoms with Crippen molar-refractivity contribution in [1.82, 2.24) is 0 Å². The topological polar surface area (TPSA) is 38.7 Å². The smallest absolute Gasteiger partial charge is 0.231 e. The van der Waals surface area contributed by atoms with Gasteiger partial charge in [0.25, 0.3) is 0 Å². The molecule has 1 aliphatic rings. The molecule has 3 rings (SSSR count). The Morgan fingerprint density at radius 1 is 1.15 bits per heavy atom. The van der Waals surface area contributed by atoms with Gasteiger partial charge in [-0.15, -0.1) is 0 Å². The third-order valence-electron chi connectivity index (χ3n) is 3.19. The standard InChI is InChI=1S/C15H12ClFO3/c16-11-3-1-9(5-12(11)17)6-13(18)10-2-4-14-15(7-10)20-8-19-14/h1-5,7,13,18H,6,8H2. The molecule has 0 bridgehead atoms. The number of fused-ring (bicyclic) bond motifs is 1. The van der Waals surface area contributed by atoms with Gasteiger partial charge in [0.1, 0.15) is 5.82 Å². The molecule has 2 aromatic carbocycles. The molecule has 0 spiro atoms. The van der Waals surface area contributed by atoms with Crippen molar-refractivity contribution >= 4 is 11.6 Å². The SMILES string of the molecule is OC(Cc1ccc(Cl)c(F)c1)c1ccc2c(c1)OCO2. The first-order valence-corrected chi connectivity index (χ1v) is 6.53. The molecular formula is C15H12ClFO3. The maximum Gasteiger partial charge on any atom is 0.231 e. The first-order valence-electron chi connectivity index (χ1n) is 6.15. The molecule has 1 aliphatic heterocycles. The van der Waals surface area contributed by atoms with Crippen LogP contribution in [0.15, 0.2) is 36.4 Å². The fourth-order valence-corrected chi connectivity index (χ4v) is 2.25. The fraction of sp³-hybridized carbons (Fsp3) is 0.200. The number of hydrogen-bond acceptors (Lipinski definition) is 3. The molecular weight excluding hydrogens is 283 g/mol. The average Bonchev–Trinajstić information content (AvgIpc) is 2.90. The molecule has 20 heavy (non-hydrogen) atoms. The maximum absolute atomic E-state index is 13.4. The van der Waals surface area contributed by atoms with Gasteiger partial charge >= 0.3 is 0 Å². The van der Waals surface area contributed by atoms with Gasteiger partial charge in [-0.1, -0.05) is 23.7 Å². The highest BCUT2D eigenvalue weighted by Crippen LogP contribution is 2.34. The minimum Gasteiger partial charge on any atom is -0.454 e. The molecule has 1 heterocycles. The number of hydrogen-bond donors (Lipinski definition) is 1. The second-order valence-corrected chi connectivity index (χ2v) is 4.99. The van der Waals surface area contributed by atoms with Crippen LogP contribution in [0.3, 0.4) is 0 Å². The second kappa shape index (κ2) is 5.31. The molecule has 1 N–H and O–H groups in total. The summed E-state index contributed by atoms with van der Waals surface area (Å²) < 4.78 is 23.8. The molecule has 5 heteroatoms. The first-order chi connectivity index (χ1) is 9.63. The average molecular weight is 295 g/mol.